The number of hydrogen-bond acceptors (Lipinski definition) is 3. The van der Waals surface area contributed by atoms with Crippen LogP contribution in [0.1, 0.15) is 31.9 Å². The summed E-state index contributed by atoms with van der Waals surface area (Å²) >= 11 is 0. The van der Waals surface area contributed by atoms with Crippen LogP contribution in [0.4, 0.5) is 0 Å². The number of carboxylic acids is 1. The molecule has 0 bridgehead atoms. The van der Waals surface area contributed by atoms with Gasteiger partial charge < -0.3 is 10.0 Å². The molecular weight excluding hydrogens is 232 g/mol. The van der Waals surface area contributed by atoms with Gasteiger partial charge in [-0.05, 0) is 31.5 Å². The van der Waals surface area contributed by atoms with Gasteiger partial charge in [0.15, 0.2) is 0 Å². The lowest BCUT2D eigenvalue weighted by atomic mass is 9.94. The summed E-state index contributed by atoms with van der Waals surface area (Å²) in [5.41, 5.74) is 0.831. The van der Waals surface area contributed by atoms with Crippen LogP contribution >= 0.6 is 0 Å². The molecular formula is C13H16N2O3. The van der Waals surface area contributed by atoms with Crippen LogP contribution in [0.15, 0.2) is 24.5 Å². The molecule has 1 N–H and O–H groups in total. The second kappa shape index (κ2) is 4.76. The van der Waals surface area contributed by atoms with Gasteiger partial charge in [-0.1, -0.05) is 0 Å². The summed E-state index contributed by atoms with van der Waals surface area (Å²) in [5.74, 6) is -1.70. The van der Waals surface area contributed by atoms with E-state index < -0.39 is 17.9 Å². The Morgan fingerprint density at radius 3 is 2.56 bits per heavy atom. The zero-order valence-corrected chi connectivity index (χ0v) is 10.4. The van der Waals surface area contributed by atoms with E-state index in [0.29, 0.717) is 0 Å². The van der Waals surface area contributed by atoms with Crippen molar-refractivity contribution >= 4 is 11.9 Å². The van der Waals surface area contributed by atoms with Crippen molar-refractivity contribution in [3.8, 4) is 0 Å². The lowest BCUT2D eigenvalue weighted by molar-refractivity contribution is -0.142. The second-order valence-corrected chi connectivity index (χ2v) is 4.77. The number of aliphatic carboxylic acids is 1. The first-order valence-corrected chi connectivity index (χ1v) is 5.96. The van der Waals surface area contributed by atoms with Crippen LogP contribution in [0, 0.1) is 5.92 Å². The number of carboxylic acid groups (broad SMARTS) is 1. The topological polar surface area (TPSA) is 70.5 Å². The molecule has 1 aromatic heterocycles. The molecule has 96 valence electrons. The van der Waals surface area contributed by atoms with Crippen molar-refractivity contribution in [3.05, 3.63) is 30.1 Å². The van der Waals surface area contributed by atoms with Gasteiger partial charge in [0.05, 0.1) is 12.0 Å². The smallest absolute Gasteiger partial charge is 0.309 e. The predicted molar refractivity (Wildman–Crippen MR) is 64.7 cm³/mol. The SMILES string of the molecule is CC(C)N1C(=O)CC(C(=O)O)C1c1ccncc1. The van der Waals surface area contributed by atoms with Crippen LogP contribution in [0.5, 0.6) is 0 Å². The van der Waals surface area contributed by atoms with E-state index in [1.807, 2.05) is 13.8 Å². The fraction of sp³-hybridized carbons (Fsp3) is 0.462. The van der Waals surface area contributed by atoms with E-state index in [1.54, 1.807) is 29.4 Å². The highest BCUT2D eigenvalue weighted by Crippen LogP contribution is 2.39. The number of amides is 1. The highest BCUT2D eigenvalue weighted by atomic mass is 16.4. The summed E-state index contributed by atoms with van der Waals surface area (Å²) in [6.07, 6.45) is 3.31. The van der Waals surface area contributed by atoms with Crippen molar-refractivity contribution < 1.29 is 14.7 Å². The number of carbonyl (C=O) groups excluding carboxylic acids is 1. The average molecular weight is 248 g/mol. The number of rotatable bonds is 3. The highest BCUT2D eigenvalue weighted by Gasteiger charge is 2.45. The van der Waals surface area contributed by atoms with Gasteiger partial charge in [0, 0.05) is 24.9 Å². The lowest BCUT2D eigenvalue weighted by Gasteiger charge is -2.30. The molecule has 1 fully saturated rings. The minimum absolute atomic E-state index is 0.0139. The molecule has 18 heavy (non-hydrogen) atoms. The first-order valence-electron chi connectivity index (χ1n) is 5.96. The zero-order chi connectivity index (χ0) is 13.3. The lowest BCUT2D eigenvalue weighted by Crippen LogP contribution is -2.36. The van der Waals surface area contributed by atoms with Gasteiger partial charge in [-0.25, -0.2) is 0 Å². The number of carbonyl (C=O) groups is 2. The Kier molecular flexibility index (Phi) is 3.32. The minimum Gasteiger partial charge on any atom is -0.481 e. The molecule has 5 heteroatoms. The highest BCUT2D eigenvalue weighted by molar-refractivity contribution is 5.87. The summed E-state index contributed by atoms with van der Waals surface area (Å²) in [7, 11) is 0. The molecule has 1 saturated heterocycles. The number of hydrogen-bond donors (Lipinski definition) is 1. The summed E-state index contributed by atoms with van der Waals surface area (Å²) < 4.78 is 0. The average Bonchev–Trinajstić information content (AvgIpc) is 2.68. The molecule has 2 heterocycles. The molecule has 5 nitrogen and oxygen atoms in total. The van der Waals surface area contributed by atoms with Crippen LogP contribution in [0.3, 0.4) is 0 Å². The van der Waals surface area contributed by atoms with E-state index in [4.69, 9.17) is 0 Å². The molecule has 0 saturated carbocycles. The van der Waals surface area contributed by atoms with Crippen molar-refractivity contribution in [1.29, 1.82) is 0 Å². The Hall–Kier alpha value is -1.91. The molecule has 2 rings (SSSR count). The summed E-state index contributed by atoms with van der Waals surface area (Å²) in [4.78, 5) is 28.9. The van der Waals surface area contributed by atoms with Crippen LogP contribution in [0.25, 0.3) is 0 Å². The fourth-order valence-electron chi connectivity index (χ4n) is 2.54. The Bertz CT molecular complexity index is 459. The van der Waals surface area contributed by atoms with Crippen LogP contribution < -0.4 is 0 Å². The molecule has 2 unspecified atom stereocenters. The summed E-state index contributed by atoms with van der Waals surface area (Å²) in [6.45, 7) is 3.80. The van der Waals surface area contributed by atoms with Crippen LogP contribution in [-0.4, -0.2) is 32.9 Å². The third-order valence-corrected chi connectivity index (χ3v) is 3.28. The van der Waals surface area contributed by atoms with Crippen molar-refractivity contribution in [3.63, 3.8) is 0 Å². The first kappa shape index (κ1) is 12.5. The number of likely N-dealkylation sites (tertiary alicyclic amines) is 1. The third kappa shape index (κ3) is 2.08. The van der Waals surface area contributed by atoms with Crippen molar-refractivity contribution in [2.45, 2.75) is 32.4 Å². The zero-order valence-electron chi connectivity index (χ0n) is 10.4. The van der Waals surface area contributed by atoms with E-state index in [9.17, 15) is 14.7 Å². The molecule has 1 aromatic rings. The standard InChI is InChI=1S/C13H16N2O3/c1-8(2)15-11(16)7-10(13(17)18)12(15)9-3-5-14-6-4-9/h3-6,8,10,12H,7H2,1-2H3,(H,17,18). The minimum atomic E-state index is -0.923. The molecule has 0 radical (unpaired) electrons. The summed E-state index contributed by atoms with van der Waals surface area (Å²) in [6, 6.07) is 3.14. The maximum Gasteiger partial charge on any atom is 0.309 e. The van der Waals surface area contributed by atoms with Gasteiger partial charge in [-0.15, -0.1) is 0 Å². The molecule has 0 aromatic carbocycles. The van der Waals surface area contributed by atoms with Crippen LogP contribution in [0.2, 0.25) is 0 Å². The van der Waals surface area contributed by atoms with Gasteiger partial charge in [0.2, 0.25) is 5.91 Å². The fourth-order valence-corrected chi connectivity index (χ4v) is 2.54. The quantitative estimate of drug-likeness (QED) is 0.879. The number of nitrogens with zero attached hydrogens (tertiary/aromatic N) is 2. The van der Waals surface area contributed by atoms with Crippen molar-refractivity contribution in [2.75, 3.05) is 0 Å². The Balaban J connectivity index is 2.43. The molecule has 0 spiro atoms. The van der Waals surface area contributed by atoms with E-state index in [-0.39, 0.29) is 18.4 Å². The molecule has 2 atom stereocenters. The number of pyridine rings is 1. The Labute approximate surface area is 105 Å². The molecule has 0 aliphatic carbocycles. The van der Waals surface area contributed by atoms with Gasteiger partial charge in [0.25, 0.3) is 0 Å². The van der Waals surface area contributed by atoms with Gasteiger partial charge in [-0.2, -0.15) is 0 Å². The first-order chi connectivity index (χ1) is 8.52. The predicted octanol–water partition coefficient (Wildman–Crippen LogP) is 1.46. The Morgan fingerprint density at radius 1 is 1.44 bits per heavy atom. The number of aromatic nitrogens is 1. The second-order valence-electron chi connectivity index (χ2n) is 4.77. The normalized spacial score (nSPS) is 23.7. The summed E-state index contributed by atoms with van der Waals surface area (Å²) in [5, 5.41) is 9.27. The molecule has 1 aliphatic heterocycles. The Morgan fingerprint density at radius 2 is 2.06 bits per heavy atom. The van der Waals surface area contributed by atoms with Crippen LogP contribution in [-0.2, 0) is 9.59 Å². The van der Waals surface area contributed by atoms with Crippen molar-refractivity contribution in [2.24, 2.45) is 5.92 Å². The maximum atomic E-state index is 12.0. The van der Waals surface area contributed by atoms with E-state index in [1.165, 1.54) is 0 Å². The van der Waals surface area contributed by atoms with E-state index >= 15 is 0 Å². The molecule has 1 amide bonds. The van der Waals surface area contributed by atoms with Crippen molar-refractivity contribution in [1.82, 2.24) is 9.88 Å². The largest absolute Gasteiger partial charge is 0.481 e. The molecule has 1 aliphatic rings. The maximum absolute atomic E-state index is 12.0. The van der Waals surface area contributed by atoms with E-state index in [0.717, 1.165) is 5.56 Å². The monoisotopic (exact) mass is 248 g/mol. The van der Waals surface area contributed by atoms with Gasteiger partial charge in [0.1, 0.15) is 0 Å². The van der Waals surface area contributed by atoms with E-state index in [2.05, 4.69) is 4.98 Å². The third-order valence-electron chi connectivity index (χ3n) is 3.28. The van der Waals surface area contributed by atoms with Gasteiger partial charge >= 0.3 is 5.97 Å². The van der Waals surface area contributed by atoms with Gasteiger partial charge in [-0.3, -0.25) is 14.6 Å².